The molecule has 324 valence electrons. The Labute approximate surface area is 393 Å². The van der Waals surface area contributed by atoms with Crippen molar-refractivity contribution in [2.24, 2.45) is 0 Å². The first-order valence-corrected chi connectivity index (χ1v) is 24.9. The Kier molecular flexibility index (Phi) is 7.11. The third-order valence-corrected chi connectivity index (χ3v) is 17.6. The number of hydrogen-bond acceptors (Lipinski definition) is 4. The Hall–Kier alpha value is -6.76. The molecule has 0 saturated carbocycles. The van der Waals surface area contributed by atoms with Crippen LogP contribution in [-0.2, 0) is 16.2 Å². The van der Waals surface area contributed by atoms with Crippen molar-refractivity contribution in [3.05, 3.63) is 150 Å². The number of furan rings is 2. The van der Waals surface area contributed by atoms with Crippen LogP contribution in [0.4, 0.5) is 11.4 Å². The van der Waals surface area contributed by atoms with Gasteiger partial charge in [-0.1, -0.05) is 109 Å². The zero-order chi connectivity index (χ0) is 45.2. The van der Waals surface area contributed by atoms with Crippen LogP contribution in [0.2, 0.25) is 0 Å². The molecular formula is C61H49BN2O2S. The van der Waals surface area contributed by atoms with Gasteiger partial charge < -0.3 is 18.2 Å². The molecule has 0 unspecified atom stereocenters. The first-order valence-electron chi connectivity index (χ1n) is 24.1. The summed E-state index contributed by atoms with van der Waals surface area (Å²) in [6.07, 6.45) is 2.33. The highest BCUT2D eigenvalue weighted by Gasteiger charge is 2.45. The van der Waals surface area contributed by atoms with Gasteiger partial charge >= 0.3 is 6.85 Å². The molecule has 8 aromatic carbocycles. The molecule has 2 aliphatic heterocycles. The van der Waals surface area contributed by atoms with Gasteiger partial charge in [0.25, 0.3) is 0 Å². The summed E-state index contributed by atoms with van der Waals surface area (Å²) in [4.78, 5) is 2.68. The van der Waals surface area contributed by atoms with Crippen molar-refractivity contribution in [3.8, 4) is 16.8 Å². The lowest BCUT2D eigenvalue weighted by Crippen LogP contribution is -2.60. The average Bonchev–Trinajstić information content (AvgIpc) is 4.06. The highest BCUT2D eigenvalue weighted by atomic mass is 32.1. The van der Waals surface area contributed by atoms with Crippen LogP contribution >= 0.6 is 11.3 Å². The highest BCUT2D eigenvalue weighted by molar-refractivity contribution is 7.26. The number of aromatic nitrogens is 1. The molecule has 67 heavy (non-hydrogen) atoms. The normalized spacial score (nSPS) is 16.1. The number of anilines is 2. The summed E-state index contributed by atoms with van der Waals surface area (Å²) in [6.45, 7) is 18.8. The molecular weight excluding hydrogens is 836 g/mol. The molecule has 1 aliphatic carbocycles. The van der Waals surface area contributed by atoms with Crippen molar-refractivity contribution in [2.75, 3.05) is 4.81 Å². The van der Waals surface area contributed by atoms with Gasteiger partial charge in [-0.15, -0.1) is 11.3 Å². The molecule has 0 N–H and O–H groups in total. The predicted molar refractivity (Wildman–Crippen MR) is 286 cm³/mol. The standard InChI is InChI=1S/C61H49BN2O2S/c1-32-23-42-37-28-51-40(39-25-44-45(29-52(39)66-51)61(7,8)22-21-60(44,5)6)27-48(37)64(34-19-17-33(18-20-34)59(2,3)4)62-46-26-41-36-14-10-12-16-54(36)67-55(41)31-49(46)63-47-30-53-38(35-13-9-11-15-50(35)65-53)24-43(47)56(32)58(63)57(42)62/h9-20,23-31H,21-22H2,1-8H3. The van der Waals surface area contributed by atoms with Crippen LogP contribution in [0.5, 0.6) is 0 Å². The molecule has 3 aliphatic rings. The molecule has 6 heterocycles. The molecule has 0 saturated heterocycles. The third-order valence-electron chi connectivity index (χ3n) is 16.5. The van der Waals surface area contributed by atoms with Crippen molar-refractivity contribution in [3.63, 3.8) is 0 Å². The number of hydrogen-bond donors (Lipinski definition) is 0. The van der Waals surface area contributed by atoms with Gasteiger partial charge in [0.2, 0.25) is 0 Å². The minimum Gasteiger partial charge on any atom is -0.456 e. The average molecular weight is 885 g/mol. The molecule has 6 heteroatoms. The van der Waals surface area contributed by atoms with E-state index in [0.29, 0.717) is 0 Å². The molecule has 15 rings (SSSR count). The number of nitrogens with zero attached hydrogens (tertiary/aromatic N) is 2. The maximum absolute atomic E-state index is 7.06. The zero-order valence-electron chi connectivity index (χ0n) is 39.2. The van der Waals surface area contributed by atoms with E-state index in [4.69, 9.17) is 8.83 Å². The summed E-state index contributed by atoms with van der Waals surface area (Å²) < 4.78 is 18.9. The van der Waals surface area contributed by atoms with E-state index in [1.54, 1.807) is 0 Å². The summed E-state index contributed by atoms with van der Waals surface area (Å²) in [7, 11) is 0. The molecule has 0 fully saturated rings. The summed E-state index contributed by atoms with van der Waals surface area (Å²) in [5.74, 6) is 0. The van der Waals surface area contributed by atoms with Crippen LogP contribution in [0.25, 0.3) is 103 Å². The third kappa shape index (κ3) is 4.94. The Bertz CT molecular complexity index is 4220. The largest absolute Gasteiger partial charge is 0.456 e. The van der Waals surface area contributed by atoms with E-state index in [0.717, 1.165) is 39.5 Å². The van der Waals surface area contributed by atoms with Crippen molar-refractivity contribution in [1.82, 2.24) is 4.57 Å². The molecule has 0 spiro atoms. The van der Waals surface area contributed by atoms with E-state index >= 15 is 0 Å². The molecule has 0 atom stereocenters. The molecule has 0 amide bonds. The smallest absolute Gasteiger partial charge is 0.333 e. The Balaban J connectivity index is 1.11. The van der Waals surface area contributed by atoms with Gasteiger partial charge in [-0.2, -0.15) is 0 Å². The Morgan fingerprint density at radius 1 is 0.567 bits per heavy atom. The van der Waals surface area contributed by atoms with Crippen LogP contribution in [0.3, 0.4) is 0 Å². The van der Waals surface area contributed by atoms with Gasteiger partial charge in [-0.3, -0.25) is 0 Å². The van der Waals surface area contributed by atoms with Crippen molar-refractivity contribution in [1.29, 1.82) is 0 Å². The van der Waals surface area contributed by atoms with E-state index < -0.39 is 0 Å². The summed E-state index contributed by atoms with van der Waals surface area (Å²) >= 11 is 1.89. The fourth-order valence-electron chi connectivity index (χ4n) is 12.9. The number of rotatable bonds is 1. The van der Waals surface area contributed by atoms with Gasteiger partial charge in [0.1, 0.15) is 22.3 Å². The second kappa shape index (κ2) is 12.4. The quantitative estimate of drug-likeness (QED) is 0.154. The maximum atomic E-state index is 7.06. The fraction of sp³-hybridized carbons (Fsp3) is 0.213. The molecule has 0 radical (unpaired) electrons. The highest BCUT2D eigenvalue weighted by Crippen LogP contribution is 2.52. The van der Waals surface area contributed by atoms with Gasteiger partial charge in [0.05, 0.1) is 11.0 Å². The van der Waals surface area contributed by atoms with Gasteiger partial charge in [0.15, 0.2) is 0 Å². The Morgan fingerprint density at radius 3 is 2.03 bits per heavy atom. The summed E-state index contributed by atoms with van der Waals surface area (Å²) in [5, 5.41) is 9.86. The van der Waals surface area contributed by atoms with E-state index in [1.165, 1.54) is 121 Å². The van der Waals surface area contributed by atoms with E-state index in [-0.39, 0.29) is 23.1 Å². The number of aryl methyl sites for hydroxylation is 1. The second-order valence-electron chi connectivity index (χ2n) is 22.4. The molecule has 4 aromatic heterocycles. The number of thiophene rings is 1. The van der Waals surface area contributed by atoms with Crippen molar-refractivity contribution >= 4 is 126 Å². The molecule has 0 bridgehead atoms. The van der Waals surface area contributed by atoms with Crippen molar-refractivity contribution in [2.45, 2.75) is 84.5 Å². The number of fused-ring (bicyclic) bond motifs is 18. The molecule has 4 nitrogen and oxygen atoms in total. The van der Waals surface area contributed by atoms with Crippen LogP contribution in [0, 0.1) is 6.92 Å². The van der Waals surface area contributed by atoms with Crippen LogP contribution in [-0.4, -0.2) is 11.4 Å². The van der Waals surface area contributed by atoms with Crippen molar-refractivity contribution < 1.29 is 8.83 Å². The topological polar surface area (TPSA) is 34.5 Å². The van der Waals surface area contributed by atoms with Gasteiger partial charge in [0, 0.05) is 81.2 Å². The van der Waals surface area contributed by atoms with Crippen LogP contribution in [0.15, 0.2) is 136 Å². The number of para-hydroxylation sites is 1. The van der Waals surface area contributed by atoms with Crippen LogP contribution in [0.1, 0.15) is 83.6 Å². The van der Waals surface area contributed by atoms with E-state index in [2.05, 4.69) is 192 Å². The van der Waals surface area contributed by atoms with Gasteiger partial charge in [-0.05, 0) is 135 Å². The number of benzene rings is 8. The lowest BCUT2D eigenvalue weighted by molar-refractivity contribution is 0.332. The lowest BCUT2D eigenvalue weighted by atomic mass is 9.43. The first kappa shape index (κ1) is 38.4. The zero-order valence-corrected chi connectivity index (χ0v) is 40.1. The summed E-state index contributed by atoms with van der Waals surface area (Å²) in [6, 6.07) is 48.8. The fourth-order valence-corrected chi connectivity index (χ4v) is 14.0. The summed E-state index contributed by atoms with van der Waals surface area (Å²) in [5.41, 5.74) is 20.6. The lowest BCUT2D eigenvalue weighted by Gasteiger charge is -2.42. The maximum Gasteiger partial charge on any atom is 0.333 e. The monoisotopic (exact) mass is 884 g/mol. The Morgan fingerprint density at radius 2 is 1.24 bits per heavy atom. The van der Waals surface area contributed by atoms with E-state index in [1.807, 2.05) is 11.3 Å². The van der Waals surface area contributed by atoms with Gasteiger partial charge in [-0.25, -0.2) is 0 Å². The SMILES string of the molecule is Cc1cc2c3c4c1c1cc5c(cc1n4-c1cc4sc6ccccc6c4cc1B3N(c1ccc(C(C)(C)C)cc1)c1cc3c(cc1-2)oc1cc2c(cc13)C(C)(C)CCC2(C)C)oc1ccccc15. The first-order chi connectivity index (χ1) is 32.2. The van der Waals surface area contributed by atoms with Crippen LogP contribution < -0.4 is 15.7 Å². The minimum atomic E-state index is -0.118. The second-order valence-corrected chi connectivity index (χ2v) is 23.5. The van der Waals surface area contributed by atoms with E-state index in [9.17, 15) is 0 Å². The minimum absolute atomic E-state index is 0.0203. The molecule has 12 aromatic rings. The predicted octanol–water partition coefficient (Wildman–Crippen LogP) is 16.1.